The van der Waals surface area contributed by atoms with Gasteiger partial charge in [-0.15, -0.1) is 0 Å². The Hall–Kier alpha value is -3.40. The van der Waals surface area contributed by atoms with E-state index in [0.29, 0.717) is 23.9 Å². The number of aryl methyl sites for hydroxylation is 2. The number of rotatable bonds is 5. The van der Waals surface area contributed by atoms with Gasteiger partial charge in [0.1, 0.15) is 5.52 Å². The van der Waals surface area contributed by atoms with Crippen LogP contribution >= 0.6 is 0 Å². The van der Waals surface area contributed by atoms with Crippen molar-refractivity contribution in [1.82, 2.24) is 10.3 Å². The van der Waals surface area contributed by atoms with Gasteiger partial charge >= 0.3 is 0 Å². The van der Waals surface area contributed by atoms with Crippen LogP contribution in [-0.4, -0.2) is 10.9 Å². The molecule has 1 heterocycles. The number of nitrogens with zero attached hydrogens (tertiary/aromatic N) is 1. The number of benzene rings is 3. The van der Waals surface area contributed by atoms with Crippen LogP contribution in [0.3, 0.4) is 0 Å². The molecule has 3 aromatic carbocycles. The van der Waals surface area contributed by atoms with E-state index >= 15 is 0 Å². The van der Waals surface area contributed by atoms with E-state index in [4.69, 9.17) is 4.42 Å². The molecule has 4 aromatic rings. The summed E-state index contributed by atoms with van der Waals surface area (Å²) in [5.74, 6) is 0.991. The van der Waals surface area contributed by atoms with Gasteiger partial charge in [-0.25, -0.2) is 4.98 Å². The van der Waals surface area contributed by atoms with E-state index in [9.17, 15) is 4.79 Å². The average molecular weight is 399 g/mol. The van der Waals surface area contributed by atoms with Gasteiger partial charge in [-0.05, 0) is 78.4 Å². The summed E-state index contributed by atoms with van der Waals surface area (Å²) in [6, 6.07) is 19.8. The van der Waals surface area contributed by atoms with Crippen LogP contribution in [0, 0.1) is 13.8 Å². The Morgan fingerprint density at radius 1 is 0.967 bits per heavy atom. The van der Waals surface area contributed by atoms with Gasteiger partial charge in [-0.3, -0.25) is 4.79 Å². The minimum Gasteiger partial charge on any atom is -0.436 e. The summed E-state index contributed by atoms with van der Waals surface area (Å²) < 4.78 is 5.93. The van der Waals surface area contributed by atoms with E-state index < -0.39 is 0 Å². The molecule has 1 aromatic heterocycles. The van der Waals surface area contributed by atoms with Crippen molar-refractivity contribution in [2.24, 2.45) is 0 Å². The summed E-state index contributed by atoms with van der Waals surface area (Å²) in [5.41, 5.74) is 7.90. The maximum Gasteiger partial charge on any atom is 0.251 e. The Balaban J connectivity index is 1.43. The van der Waals surface area contributed by atoms with Crippen LogP contribution in [0.2, 0.25) is 0 Å². The molecule has 0 saturated carbocycles. The Bertz CT molecular complexity index is 1150. The van der Waals surface area contributed by atoms with Gasteiger partial charge in [0.25, 0.3) is 5.91 Å². The van der Waals surface area contributed by atoms with Gasteiger partial charge < -0.3 is 9.73 Å². The Kier molecular flexibility index (Phi) is 5.40. The third-order valence-corrected chi connectivity index (χ3v) is 5.50. The summed E-state index contributed by atoms with van der Waals surface area (Å²) in [5, 5.41) is 2.98. The normalized spacial score (nSPS) is 11.2. The number of hydrogen-bond acceptors (Lipinski definition) is 3. The molecule has 0 atom stereocenters. The predicted octanol–water partition coefficient (Wildman–Crippen LogP) is 6.17. The fourth-order valence-electron chi connectivity index (χ4n) is 3.37. The van der Waals surface area contributed by atoms with Crippen molar-refractivity contribution >= 4 is 17.0 Å². The molecule has 4 rings (SSSR count). The lowest BCUT2D eigenvalue weighted by molar-refractivity contribution is 0.0951. The first-order chi connectivity index (χ1) is 14.4. The summed E-state index contributed by atoms with van der Waals surface area (Å²) >= 11 is 0. The fourth-order valence-corrected chi connectivity index (χ4v) is 3.37. The van der Waals surface area contributed by atoms with E-state index in [-0.39, 0.29) is 5.91 Å². The first-order valence-electron chi connectivity index (χ1n) is 10.3. The zero-order valence-corrected chi connectivity index (χ0v) is 17.8. The topological polar surface area (TPSA) is 55.1 Å². The lowest BCUT2D eigenvalue weighted by Gasteiger charge is -2.08. The van der Waals surface area contributed by atoms with Crippen molar-refractivity contribution in [3.63, 3.8) is 0 Å². The highest BCUT2D eigenvalue weighted by Crippen LogP contribution is 2.26. The minimum atomic E-state index is -0.0703. The highest BCUT2D eigenvalue weighted by Gasteiger charge is 2.10. The van der Waals surface area contributed by atoms with Crippen LogP contribution < -0.4 is 5.32 Å². The lowest BCUT2D eigenvalue weighted by Crippen LogP contribution is -2.22. The molecule has 0 aliphatic carbocycles. The molecule has 152 valence electrons. The Morgan fingerprint density at radius 2 is 1.63 bits per heavy atom. The highest BCUT2D eigenvalue weighted by atomic mass is 16.3. The molecule has 4 nitrogen and oxygen atoms in total. The summed E-state index contributed by atoms with van der Waals surface area (Å²) in [6.45, 7) is 8.89. The molecule has 0 unspecified atom stereocenters. The molecule has 1 N–H and O–H groups in total. The second kappa shape index (κ2) is 8.15. The van der Waals surface area contributed by atoms with Gasteiger partial charge in [0.2, 0.25) is 5.89 Å². The summed E-state index contributed by atoms with van der Waals surface area (Å²) in [6.07, 6.45) is 0. The first-order valence-corrected chi connectivity index (χ1v) is 10.3. The van der Waals surface area contributed by atoms with Crippen molar-refractivity contribution < 1.29 is 9.21 Å². The van der Waals surface area contributed by atoms with E-state index in [1.807, 2.05) is 54.6 Å². The molecule has 0 aliphatic heterocycles. The quantitative estimate of drug-likeness (QED) is 0.438. The zero-order chi connectivity index (χ0) is 21.3. The van der Waals surface area contributed by atoms with Crippen LogP contribution in [0.4, 0.5) is 0 Å². The predicted molar refractivity (Wildman–Crippen MR) is 121 cm³/mol. The summed E-state index contributed by atoms with van der Waals surface area (Å²) in [7, 11) is 0. The minimum absolute atomic E-state index is 0.0703. The zero-order valence-electron chi connectivity index (χ0n) is 17.8. The number of aromatic nitrogens is 1. The number of carbonyl (C=O) groups is 1. The molecule has 1 amide bonds. The van der Waals surface area contributed by atoms with Crippen molar-refractivity contribution in [2.75, 3.05) is 0 Å². The van der Waals surface area contributed by atoms with Crippen LogP contribution in [-0.2, 0) is 6.54 Å². The molecule has 4 heteroatoms. The second-order valence-electron chi connectivity index (χ2n) is 8.08. The monoisotopic (exact) mass is 398 g/mol. The van der Waals surface area contributed by atoms with Crippen LogP contribution in [0.1, 0.15) is 52.4 Å². The number of oxazole rings is 1. The van der Waals surface area contributed by atoms with Crippen molar-refractivity contribution in [3.8, 4) is 11.5 Å². The molecule has 0 saturated heterocycles. The molecule has 0 spiro atoms. The third kappa shape index (κ3) is 4.13. The van der Waals surface area contributed by atoms with Crippen LogP contribution in [0.15, 0.2) is 65.1 Å². The van der Waals surface area contributed by atoms with E-state index in [1.165, 1.54) is 16.7 Å². The largest absolute Gasteiger partial charge is 0.436 e. The lowest BCUT2D eigenvalue weighted by atomic mass is 10.0. The number of fused-ring (bicyclic) bond motifs is 1. The van der Waals surface area contributed by atoms with Gasteiger partial charge in [-0.2, -0.15) is 0 Å². The molecule has 0 radical (unpaired) electrons. The maximum absolute atomic E-state index is 12.4. The van der Waals surface area contributed by atoms with Gasteiger partial charge in [0.15, 0.2) is 5.58 Å². The summed E-state index contributed by atoms with van der Waals surface area (Å²) in [4.78, 5) is 17.0. The Morgan fingerprint density at radius 3 is 2.30 bits per heavy atom. The molecule has 30 heavy (non-hydrogen) atoms. The first kappa shape index (κ1) is 19.9. The number of amides is 1. The van der Waals surface area contributed by atoms with Gasteiger partial charge in [0, 0.05) is 17.7 Å². The number of nitrogens with one attached hydrogen (secondary N) is 1. The molecule has 0 aliphatic rings. The maximum atomic E-state index is 12.4. The highest BCUT2D eigenvalue weighted by molar-refractivity contribution is 5.94. The van der Waals surface area contributed by atoms with Crippen molar-refractivity contribution in [2.45, 2.75) is 40.2 Å². The molecule has 0 bridgehead atoms. The second-order valence-corrected chi connectivity index (χ2v) is 8.08. The smallest absolute Gasteiger partial charge is 0.251 e. The number of carbonyl (C=O) groups excluding carboxylic acids is 1. The third-order valence-electron chi connectivity index (χ3n) is 5.50. The van der Waals surface area contributed by atoms with E-state index in [1.54, 1.807) is 0 Å². The van der Waals surface area contributed by atoms with Crippen molar-refractivity contribution in [3.05, 3.63) is 88.5 Å². The molecular formula is C26H26N2O2. The Labute approximate surface area is 177 Å². The number of hydrogen-bond donors (Lipinski definition) is 1. The van der Waals surface area contributed by atoms with Gasteiger partial charge in [-0.1, -0.05) is 38.1 Å². The van der Waals surface area contributed by atoms with Crippen LogP contribution in [0.5, 0.6) is 0 Å². The standard InChI is InChI=1S/C26H26N2O2/c1-16(2)20-9-11-21(12-10-20)25(29)27-15-19-5-7-22(8-6-19)26-28-23-13-17(3)18(4)14-24(23)30-26/h5-14,16H,15H2,1-4H3,(H,27,29). The molecular weight excluding hydrogens is 372 g/mol. The van der Waals surface area contributed by atoms with Crippen LogP contribution in [0.25, 0.3) is 22.6 Å². The fraction of sp³-hybridized carbons (Fsp3) is 0.231. The van der Waals surface area contributed by atoms with E-state index in [2.05, 4.69) is 44.1 Å². The SMILES string of the molecule is Cc1cc2nc(-c3ccc(CNC(=O)c4ccc(C(C)C)cc4)cc3)oc2cc1C. The van der Waals surface area contributed by atoms with E-state index in [0.717, 1.165) is 22.2 Å². The van der Waals surface area contributed by atoms with Gasteiger partial charge in [0.05, 0.1) is 0 Å². The molecule has 0 fully saturated rings. The van der Waals surface area contributed by atoms with Crippen molar-refractivity contribution in [1.29, 1.82) is 0 Å². The average Bonchev–Trinajstić information content (AvgIpc) is 3.15.